The van der Waals surface area contributed by atoms with Gasteiger partial charge in [-0.25, -0.2) is 9.07 Å². The molecule has 20 heavy (non-hydrogen) atoms. The van der Waals surface area contributed by atoms with Crippen molar-refractivity contribution in [2.75, 3.05) is 19.0 Å². The number of methoxy groups -OCH3 is 1. The molecule has 0 saturated carbocycles. The largest absolute Gasteiger partial charge is 0.481 e. The monoisotopic (exact) mass is 279 g/mol. The molecule has 2 rings (SSSR count). The highest BCUT2D eigenvalue weighted by Crippen LogP contribution is 2.30. The summed E-state index contributed by atoms with van der Waals surface area (Å²) in [4.78, 5) is 0. The Hall–Kier alpha value is -2.08. The second-order valence-corrected chi connectivity index (χ2v) is 4.52. The zero-order valence-corrected chi connectivity index (χ0v) is 11.7. The number of benzene rings is 1. The third-order valence-electron chi connectivity index (χ3n) is 3.10. The van der Waals surface area contributed by atoms with Crippen LogP contribution in [0.25, 0.3) is 0 Å². The summed E-state index contributed by atoms with van der Waals surface area (Å²) >= 11 is 0. The molecule has 5 nitrogen and oxygen atoms in total. The number of hydrogen-bond donors (Lipinski definition) is 2. The third-order valence-corrected chi connectivity index (χ3v) is 3.10. The maximum atomic E-state index is 13.2. The molecule has 2 N–H and O–H groups in total. The Morgan fingerprint density at radius 1 is 1.50 bits per heavy atom. The molecule has 0 bridgehead atoms. The molecule has 1 atom stereocenters. The Morgan fingerprint density at radius 2 is 2.25 bits per heavy atom. The predicted octanol–water partition coefficient (Wildman–Crippen LogP) is 2.02. The van der Waals surface area contributed by atoms with Gasteiger partial charge in [0.25, 0.3) is 0 Å². The van der Waals surface area contributed by atoms with Crippen LogP contribution in [0.4, 0.5) is 10.1 Å². The van der Waals surface area contributed by atoms with Crippen LogP contribution in [-0.2, 0) is 7.05 Å². The van der Waals surface area contributed by atoms with Crippen molar-refractivity contribution in [3.8, 4) is 5.88 Å². The van der Waals surface area contributed by atoms with Crippen LogP contribution >= 0.6 is 0 Å². The number of nitrogens with zero attached hydrogens (tertiary/aromatic N) is 2. The van der Waals surface area contributed by atoms with Crippen LogP contribution in [0.2, 0.25) is 0 Å². The summed E-state index contributed by atoms with van der Waals surface area (Å²) in [5.41, 5.74) is 2.11. The van der Waals surface area contributed by atoms with Gasteiger partial charge >= 0.3 is 0 Å². The zero-order chi connectivity index (χ0) is 14.7. The molecule has 1 heterocycles. The lowest BCUT2D eigenvalue weighted by Crippen LogP contribution is -2.16. The summed E-state index contributed by atoms with van der Waals surface area (Å²) in [6, 6.07) is 5.68. The van der Waals surface area contributed by atoms with E-state index in [4.69, 9.17) is 4.74 Å². The van der Waals surface area contributed by atoms with Crippen LogP contribution in [0.15, 0.2) is 24.3 Å². The van der Waals surface area contributed by atoms with Crippen molar-refractivity contribution in [1.29, 1.82) is 0 Å². The first-order valence-electron chi connectivity index (χ1n) is 6.27. The second kappa shape index (κ2) is 5.92. The molecule has 1 aromatic carbocycles. The van der Waals surface area contributed by atoms with Crippen molar-refractivity contribution < 1.29 is 14.2 Å². The highest BCUT2D eigenvalue weighted by molar-refractivity contribution is 5.48. The van der Waals surface area contributed by atoms with E-state index in [1.54, 1.807) is 31.0 Å². The van der Waals surface area contributed by atoms with Gasteiger partial charge in [-0.2, -0.15) is 5.10 Å². The third kappa shape index (κ3) is 2.75. The van der Waals surface area contributed by atoms with Gasteiger partial charge in [-0.15, -0.1) is 0 Å². The van der Waals surface area contributed by atoms with Gasteiger partial charge in [-0.05, 0) is 25.1 Å². The lowest BCUT2D eigenvalue weighted by molar-refractivity contribution is 0.271. The average molecular weight is 279 g/mol. The second-order valence-electron chi connectivity index (χ2n) is 4.52. The number of aromatic nitrogens is 2. The van der Waals surface area contributed by atoms with Crippen molar-refractivity contribution >= 4 is 5.69 Å². The van der Waals surface area contributed by atoms with Crippen LogP contribution in [0.5, 0.6) is 5.88 Å². The normalized spacial score (nSPS) is 12.2. The van der Waals surface area contributed by atoms with Gasteiger partial charge in [-0.1, -0.05) is 6.07 Å². The van der Waals surface area contributed by atoms with Crippen LogP contribution in [0.1, 0.15) is 17.3 Å². The van der Waals surface area contributed by atoms with Crippen LogP contribution in [0, 0.1) is 12.7 Å². The molecule has 108 valence electrons. The molecule has 0 spiro atoms. The Morgan fingerprint density at radius 3 is 2.85 bits per heavy atom. The van der Waals surface area contributed by atoms with E-state index in [9.17, 15) is 9.50 Å². The molecular weight excluding hydrogens is 261 g/mol. The maximum Gasteiger partial charge on any atom is 0.216 e. The first-order valence-corrected chi connectivity index (χ1v) is 6.27. The first-order chi connectivity index (χ1) is 9.56. The zero-order valence-electron chi connectivity index (χ0n) is 11.7. The molecule has 2 aromatic rings. The predicted molar refractivity (Wildman–Crippen MR) is 74.3 cm³/mol. The minimum Gasteiger partial charge on any atom is -0.481 e. The quantitative estimate of drug-likeness (QED) is 0.879. The van der Waals surface area contributed by atoms with E-state index in [1.807, 2.05) is 6.92 Å². The number of aliphatic hydroxyl groups excluding tert-OH is 1. The fourth-order valence-electron chi connectivity index (χ4n) is 2.29. The lowest BCUT2D eigenvalue weighted by Gasteiger charge is -2.18. The van der Waals surface area contributed by atoms with E-state index in [-0.39, 0.29) is 12.4 Å². The Labute approximate surface area is 117 Å². The Balaban J connectivity index is 2.33. The number of ether oxygens (including phenoxy) is 1. The van der Waals surface area contributed by atoms with Crippen LogP contribution in [-0.4, -0.2) is 28.6 Å². The van der Waals surface area contributed by atoms with E-state index >= 15 is 0 Å². The molecule has 0 amide bonds. The lowest BCUT2D eigenvalue weighted by atomic mass is 10.1. The van der Waals surface area contributed by atoms with Gasteiger partial charge in [0.15, 0.2) is 0 Å². The van der Waals surface area contributed by atoms with E-state index in [2.05, 4.69) is 10.4 Å². The summed E-state index contributed by atoms with van der Waals surface area (Å²) in [6.07, 6.45) is 0. The van der Waals surface area contributed by atoms with Crippen molar-refractivity contribution in [2.45, 2.75) is 13.0 Å². The van der Waals surface area contributed by atoms with E-state index in [1.165, 1.54) is 12.1 Å². The van der Waals surface area contributed by atoms with Gasteiger partial charge in [0.05, 0.1) is 31.0 Å². The molecule has 1 unspecified atom stereocenters. The molecule has 0 aliphatic heterocycles. The van der Waals surface area contributed by atoms with Crippen molar-refractivity contribution in [3.63, 3.8) is 0 Å². The topological polar surface area (TPSA) is 59.3 Å². The number of aliphatic hydroxyl groups is 1. The summed E-state index contributed by atoms with van der Waals surface area (Å²) < 4.78 is 20.1. The number of nitrogens with one attached hydrogen (secondary N) is 1. The number of rotatable bonds is 5. The van der Waals surface area contributed by atoms with Gasteiger partial charge in [-0.3, -0.25) is 0 Å². The van der Waals surface area contributed by atoms with Gasteiger partial charge in [0.1, 0.15) is 5.82 Å². The minimum absolute atomic E-state index is 0.153. The average Bonchev–Trinajstić information content (AvgIpc) is 2.70. The number of aryl methyl sites for hydroxylation is 2. The molecule has 0 radical (unpaired) electrons. The number of hydrogen-bond acceptors (Lipinski definition) is 4. The fraction of sp³-hybridized carbons (Fsp3) is 0.357. The summed E-state index contributed by atoms with van der Waals surface area (Å²) in [5.74, 6) is 0.243. The first kappa shape index (κ1) is 14.3. The molecule has 6 heteroatoms. The highest BCUT2D eigenvalue weighted by Gasteiger charge is 2.22. The molecule has 0 aliphatic carbocycles. The molecule has 0 saturated heterocycles. The fourth-order valence-corrected chi connectivity index (χ4v) is 2.29. The van der Waals surface area contributed by atoms with Gasteiger partial charge in [0, 0.05) is 12.7 Å². The van der Waals surface area contributed by atoms with Crippen LogP contribution < -0.4 is 10.1 Å². The maximum absolute atomic E-state index is 13.2. The smallest absolute Gasteiger partial charge is 0.216 e. The molecular formula is C14H18FN3O2. The van der Waals surface area contributed by atoms with Crippen molar-refractivity contribution in [3.05, 3.63) is 41.3 Å². The van der Waals surface area contributed by atoms with E-state index in [0.29, 0.717) is 11.6 Å². The van der Waals surface area contributed by atoms with Crippen LogP contribution in [0.3, 0.4) is 0 Å². The van der Waals surface area contributed by atoms with Crippen molar-refractivity contribution in [1.82, 2.24) is 9.78 Å². The van der Waals surface area contributed by atoms with E-state index < -0.39 is 6.04 Å². The minimum atomic E-state index is -0.416. The molecule has 1 aromatic heterocycles. The number of halogens is 1. The highest BCUT2D eigenvalue weighted by atomic mass is 19.1. The van der Waals surface area contributed by atoms with Crippen molar-refractivity contribution in [2.24, 2.45) is 7.05 Å². The Bertz CT molecular complexity index is 598. The summed E-state index contributed by atoms with van der Waals surface area (Å²) in [6.45, 7) is 1.69. The Kier molecular flexibility index (Phi) is 4.24. The molecule has 0 fully saturated rings. The van der Waals surface area contributed by atoms with Gasteiger partial charge < -0.3 is 15.2 Å². The standard InChI is InChI=1S/C14H18FN3O2/c1-9-13(14(20-3)18(2)17-9)12(8-19)16-11-6-4-5-10(15)7-11/h4-7,12,16,19H,8H2,1-3H3. The number of anilines is 1. The summed E-state index contributed by atoms with van der Waals surface area (Å²) in [5, 5.41) is 17.0. The summed E-state index contributed by atoms with van der Waals surface area (Å²) in [7, 11) is 3.32. The SMILES string of the molecule is COc1c(C(CO)Nc2cccc(F)c2)c(C)nn1C. The van der Waals surface area contributed by atoms with E-state index in [0.717, 1.165) is 11.3 Å². The molecule has 0 aliphatic rings. The van der Waals surface area contributed by atoms with Gasteiger partial charge in [0.2, 0.25) is 5.88 Å².